The molecular formula is C15H10O4. The minimum absolute atomic E-state index is 0.222. The molecule has 94 valence electrons. The first-order valence-corrected chi connectivity index (χ1v) is 5.74. The van der Waals surface area contributed by atoms with Crippen molar-refractivity contribution in [3.05, 3.63) is 58.4 Å². The van der Waals surface area contributed by atoms with Crippen LogP contribution in [0.4, 0.5) is 0 Å². The van der Waals surface area contributed by atoms with Crippen LogP contribution in [0.2, 0.25) is 0 Å². The predicted octanol–water partition coefficient (Wildman–Crippen LogP) is 2.73. The molecule has 0 aliphatic heterocycles. The lowest BCUT2D eigenvalue weighted by molar-refractivity contribution is 0.0602. The van der Waals surface area contributed by atoms with Crippen LogP contribution in [0.3, 0.4) is 0 Å². The van der Waals surface area contributed by atoms with E-state index in [2.05, 4.69) is 0 Å². The normalized spacial score (nSPS) is 10.8. The maximum Gasteiger partial charge on any atom is 0.338 e. The van der Waals surface area contributed by atoms with E-state index in [0.717, 1.165) is 16.8 Å². The molecule has 4 nitrogen and oxygen atoms in total. The molecule has 0 N–H and O–H groups in total. The molecule has 0 saturated heterocycles. The Balaban J connectivity index is 2.51. The van der Waals surface area contributed by atoms with Crippen LogP contribution in [0, 0.1) is 0 Å². The lowest BCUT2D eigenvalue weighted by Crippen LogP contribution is -2.08. The van der Waals surface area contributed by atoms with Crippen LogP contribution in [0.1, 0.15) is 10.4 Å². The zero-order valence-corrected chi connectivity index (χ0v) is 10.2. The van der Waals surface area contributed by atoms with Gasteiger partial charge in [-0.2, -0.15) is 0 Å². The van der Waals surface area contributed by atoms with Gasteiger partial charge in [0.05, 0.1) is 12.7 Å². The number of methoxy groups -OCH3 is 1. The quantitative estimate of drug-likeness (QED) is 0.380. The first-order valence-electron chi connectivity index (χ1n) is 5.74. The number of fused-ring (bicyclic) bond motifs is 3. The SMILES string of the molecule is COC(=O)c1cc(=O)oc2c1ccc1ccccc12. The topological polar surface area (TPSA) is 56.5 Å². The Hall–Kier alpha value is -2.62. The van der Waals surface area contributed by atoms with E-state index in [9.17, 15) is 9.59 Å². The molecule has 0 unspecified atom stereocenters. The van der Waals surface area contributed by atoms with Crippen molar-refractivity contribution in [2.75, 3.05) is 7.11 Å². The minimum atomic E-state index is -0.566. The Morgan fingerprint density at radius 1 is 1.11 bits per heavy atom. The second-order valence-corrected chi connectivity index (χ2v) is 4.13. The summed E-state index contributed by atoms with van der Waals surface area (Å²) in [7, 11) is 1.28. The average molecular weight is 254 g/mol. The highest BCUT2D eigenvalue weighted by atomic mass is 16.5. The largest absolute Gasteiger partial charge is 0.465 e. The highest BCUT2D eigenvalue weighted by molar-refractivity contribution is 6.11. The van der Waals surface area contributed by atoms with Crippen LogP contribution in [-0.2, 0) is 4.74 Å². The molecule has 0 aliphatic carbocycles. The molecule has 0 fully saturated rings. The Morgan fingerprint density at radius 3 is 2.68 bits per heavy atom. The van der Waals surface area contributed by atoms with Gasteiger partial charge in [-0.15, -0.1) is 0 Å². The van der Waals surface area contributed by atoms with Gasteiger partial charge in [0.15, 0.2) is 0 Å². The van der Waals surface area contributed by atoms with E-state index in [1.165, 1.54) is 7.11 Å². The molecule has 0 atom stereocenters. The third-order valence-corrected chi connectivity index (χ3v) is 3.04. The molecule has 0 aliphatic rings. The average Bonchev–Trinajstić information content (AvgIpc) is 2.45. The zero-order chi connectivity index (χ0) is 13.4. The summed E-state index contributed by atoms with van der Waals surface area (Å²) in [5.41, 5.74) is 0.0646. The van der Waals surface area contributed by atoms with E-state index in [-0.39, 0.29) is 5.56 Å². The van der Waals surface area contributed by atoms with E-state index in [4.69, 9.17) is 9.15 Å². The van der Waals surface area contributed by atoms with Crippen molar-refractivity contribution in [3.63, 3.8) is 0 Å². The van der Waals surface area contributed by atoms with Gasteiger partial charge in [0.2, 0.25) is 0 Å². The Bertz CT molecular complexity index is 846. The fourth-order valence-electron chi connectivity index (χ4n) is 2.17. The van der Waals surface area contributed by atoms with Crippen molar-refractivity contribution in [1.82, 2.24) is 0 Å². The highest BCUT2D eigenvalue weighted by Crippen LogP contribution is 2.26. The molecule has 19 heavy (non-hydrogen) atoms. The van der Waals surface area contributed by atoms with Gasteiger partial charge in [0, 0.05) is 16.8 Å². The van der Waals surface area contributed by atoms with Gasteiger partial charge in [-0.1, -0.05) is 30.3 Å². The number of hydrogen-bond donors (Lipinski definition) is 0. The first-order chi connectivity index (χ1) is 9.20. The molecule has 3 aromatic rings. The van der Waals surface area contributed by atoms with Gasteiger partial charge in [-0.05, 0) is 11.5 Å². The molecule has 0 spiro atoms. The molecular weight excluding hydrogens is 244 g/mol. The minimum Gasteiger partial charge on any atom is -0.465 e. The van der Waals surface area contributed by atoms with E-state index >= 15 is 0 Å². The second kappa shape index (κ2) is 4.24. The van der Waals surface area contributed by atoms with Gasteiger partial charge in [-0.25, -0.2) is 9.59 Å². The number of hydrogen-bond acceptors (Lipinski definition) is 4. The molecule has 1 aromatic heterocycles. The summed E-state index contributed by atoms with van der Waals surface area (Å²) >= 11 is 0. The molecule has 0 bridgehead atoms. The van der Waals surface area contributed by atoms with Crippen LogP contribution in [-0.4, -0.2) is 13.1 Å². The van der Waals surface area contributed by atoms with Gasteiger partial charge in [-0.3, -0.25) is 0 Å². The van der Waals surface area contributed by atoms with Gasteiger partial charge < -0.3 is 9.15 Å². The van der Waals surface area contributed by atoms with Crippen LogP contribution in [0.15, 0.2) is 51.7 Å². The first kappa shape index (κ1) is 11.5. The molecule has 0 amide bonds. The van der Waals surface area contributed by atoms with Gasteiger partial charge in [0.25, 0.3) is 0 Å². The molecule has 1 heterocycles. The van der Waals surface area contributed by atoms with Crippen LogP contribution in [0.5, 0.6) is 0 Å². The van der Waals surface area contributed by atoms with E-state index in [0.29, 0.717) is 11.0 Å². The van der Waals surface area contributed by atoms with Crippen LogP contribution >= 0.6 is 0 Å². The molecule has 0 radical (unpaired) electrons. The van der Waals surface area contributed by atoms with Gasteiger partial charge in [0.1, 0.15) is 5.58 Å². The zero-order valence-electron chi connectivity index (χ0n) is 10.2. The van der Waals surface area contributed by atoms with Gasteiger partial charge >= 0.3 is 11.6 Å². The number of rotatable bonds is 1. The summed E-state index contributed by atoms with van der Waals surface area (Å²) in [4.78, 5) is 23.3. The fourth-order valence-corrected chi connectivity index (χ4v) is 2.17. The predicted molar refractivity (Wildman–Crippen MR) is 71.3 cm³/mol. The second-order valence-electron chi connectivity index (χ2n) is 4.13. The maximum atomic E-state index is 11.7. The van der Waals surface area contributed by atoms with Crippen molar-refractivity contribution in [2.45, 2.75) is 0 Å². The van der Waals surface area contributed by atoms with Crippen molar-refractivity contribution in [2.24, 2.45) is 0 Å². The van der Waals surface area contributed by atoms with Crippen molar-refractivity contribution in [1.29, 1.82) is 0 Å². The molecule has 4 heteroatoms. The standard InChI is InChI=1S/C15H10O4/c1-18-15(17)12-8-13(16)19-14-10-5-3-2-4-9(10)6-7-11(12)14/h2-8H,1H3. The number of esters is 1. The lowest BCUT2D eigenvalue weighted by atomic mass is 10.0. The van der Waals surface area contributed by atoms with Crippen molar-refractivity contribution >= 4 is 27.7 Å². The number of carbonyl (C=O) groups excluding carboxylic acids is 1. The Labute approximate surface area is 108 Å². The summed E-state index contributed by atoms with van der Waals surface area (Å²) in [6, 6.07) is 12.3. The monoisotopic (exact) mass is 254 g/mol. The Morgan fingerprint density at radius 2 is 1.89 bits per heavy atom. The van der Waals surface area contributed by atoms with Crippen molar-refractivity contribution < 1.29 is 13.9 Å². The molecule has 2 aromatic carbocycles. The summed E-state index contributed by atoms with van der Waals surface area (Å²) < 4.78 is 9.94. The number of carbonyl (C=O) groups is 1. The van der Waals surface area contributed by atoms with Crippen LogP contribution < -0.4 is 5.63 Å². The number of benzene rings is 2. The van der Waals surface area contributed by atoms with E-state index in [1.807, 2.05) is 30.3 Å². The van der Waals surface area contributed by atoms with Crippen molar-refractivity contribution in [3.8, 4) is 0 Å². The maximum absolute atomic E-state index is 11.7. The third-order valence-electron chi connectivity index (χ3n) is 3.04. The summed E-state index contributed by atoms with van der Waals surface area (Å²) in [6.07, 6.45) is 0. The lowest BCUT2D eigenvalue weighted by Gasteiger charge is -2.06. The summed E-state index contributed by atoms with van der Waals surface area (Å²) in [6.45, 7) is 0. The van der Waals surface area contributed by atoms with E-state index < -0.39 is 11.6 Å². The highest BCUT2D eigenvalue weighted by Gasteiger charge is 2.14. The summed E-state index contributed by atoms with van der Waals surface area (Å²) in [5, 5.41) is 2.31. The molecule has 0 saturated carbocycles. The van der Waals surface area contributed by atoms with Crippen LogP contribution in [0.25, 0.3) is 21.7 Å². The summed E-state index contributed by atoms with van der Waals surface area (Å²) in [5.74, 6) is -0.548. The molecule has 3 rings (SSSR count). The Kier molecular flexibility index (Phi) is 2.56. The number of ether oxygens (including phenoxy) is 1. The smallest absolute Gasteiger partial charge is 0.338 e. The third kappa shape index (κ3) is 1.78. The van der Waals surface area contributed by atoms with E-state index in [1.54, 1.807) is 6.07 Å². The fraction of sp³-hybridized carbons (Fsp3) is 0.0667.